The number of hydrogen-bond donors (Lipinski definition) is 1. The van der Waals surface area contributed by atoms with E-state index in [9.17, 15) is 4.79 Å². The van der Waals surface area contributed by atoms with Gasteiger partial charge in [0.1, 0.15) is 12.4 Å². The predicted octanol–water partition coefficient (Wildman–Crippen LogP) is 5.24. The molecule has 2 N–H and O–H groups in total. The maximum absolute atomic E-state index is 12.0. The van der Waals surface area contributed by atoms with Crippen LogP contribution in [0.4, 0.5) is 10.5 Å². The molecule has 2 aromatic carbocycles. The van der Waals surface area contributed by atoms with Crippen LogP contribution in [-0.4, -0.2) is 37.1 Å². The fourth-order valence-electron chi connectivity index (χ4n) is 3.10. The number of nitrogens with zero attached hydrogens (tertiary/aromatic N) is 2. The lowest BCUT2D eigenvalue weighted by Gasteiger charge is -2.26. The van der Waals surface area contributed by atoms with E-state index in [1.807, 2.05) is 54.6 Å². The summed E-state index contributed by atoms with van der Waals surface area (Å²) >= 11 is 0. The van der Waals surface area contributed by atoms with E-state index in [-0.39, 0.29) is 17.0 Å². The Bertz CT molecular complexity index is 695. The van der Waals surface area contributed by atoms with E-state index in [2.05, 4.69) is 18.7 Å². The Morgan fingerprint density at radius 2 is 1.59 bits per heavy atom. The number of carbonyl (C=O) groups is 1. The van der Waals surface area contributed by atoms with Crippen molar-refractivity contribution < 1.29 is 9.53 Å². The summed E-state index contributed by atoms with van der Waals surface area (Å²) in [5.74, 6) is 0.771. The van der Waals surface area contributed by atoms with Crippen LogP contribution in [0.2, 0.25) is 0 Å². The number of nitrogens with two attached hydrogens (primary N) is 1. The van der Waals surface area contributed by atoms with E-state index in [1.54, 1.807) is 4.90 Å². The third-order valence-corrected chi connectivity index (χ3v) is 4.67. The molecule has 160 valence electrons. The lowest BCUT2D eigenvalue weighted by atomic mass is 10.2. The fraction of sp³-hybridized carbons (Fsp3) is 0.435. The molecule has 5 nitrogen and oxygen atoms in total. The summed E-state index contributed by atoms with van der Waals surface area (Å²) in [5, 5.41) is 0. The summed E-state index contributed by atoms with van der Waals surface area (Å²) in [6.45, 7) is 8.40. The molecule has 2 amide bonds. The van der Waals surface area contributed by atoms with Crippen LogP contribution in [0.1, 0.15) is 38.7 Å². The zero-order valence-electron chi connectivity index (χ0n) is 17.5. The maximum atomic E-state index is 12.0. The van der Waals surface area contributed by atoms with Gasteiger partial charge in [0.25, 0.3) is 0 Å². The topological polar surface area (TPSA) is 58.8 Å². The van der Waals surface area contributed by atoms with Gasteiger partial charge >= 0.3 is 6.03 Å². The van der Waals surface area contributed by atoms with Gasteiger partial charge in [-0.1, -0.05) is 50.6 Å². The average molecular weight is 464 g/mol. The first-order valence-electron chi connectivity index (χ1n) is 10.2. The van der Waals surface area contributed by atoms with Gasteiger partial charge in [-0.25, -0.2) is 4.79 Å². The van der Waals surface area contributed by atoms with Gasteiger partial charge in [-0.05, 0) is 55.8 Å². The normalized spacial score (nSPS) is 10.4. The number of anilines is 1. The van der Waals surface area contributed by atoms with Crippen LogP contribution in [0, 0.1) is 0 Å². The highest BCUT2D eigenvalue weighted by Gasteiger charge is 2.14. The predicted molar refractivity (Wildman–Crippen MR) is 126 cm³/mol. The first-order chi connectivity index (χ1) is 13.6. The Kier molecular flexibility index (Phi) is 12.1. The zero-order valence-corrected chi connectivity index (χ0v) is 19.3. The minimum Gasteiger partial charge on any atom is -0.489 e. The van der Waals surface area contributed by atoms with Crippen LogP contribution >= 0.6 is 17.0 Å². The van der Waals surface area contributed by atoms with Gasteiger partial charge in [0.15, 0.2) is 0 Å². The van der Waals surface area contributed by atoms with Gasteiger partial charge in [0, 0.05) is 18.8 Å². The van der Waals surface area contributed by atoms with Crippen molar-refractivity contribution in [1.82, 2.24) is 4.90 Å². The molecule has 0 saturated heterocycles. The average Bonchev–Trinajstić information content (AvgIpc) is 2.72. The Morgan fingerprint density at radius 3 is 2.17 bits per heavy atom. The van der Waals surface area contributed by atoms with Gasteiger partial charge in [-0.2, -0.15) is 0 Å². The molecule has 29 heavy (non-hydrogen) atoms. The minimum atomic E-state index is -0.426. The molecule has 2 rings (SSSR count). The molecule has 0 aliphatic heterocycles. The number of urea groups is 1. The summed E-state index contributed by atoms with van der Waals surface area (Å²) in [5.41, 5.74) is 7.56. The lowest BCUT2D eigenvalue weighted by Crippen LogP contribution is -2.42. The monoisotopic (exact) mass is 463 g/mol. The van der Waals surface area contributed by atoms with Gasteiger partial charge < -0.3 is 15.4 Å². The molecule has 0 bridgehead atoms. The van der Waals surface area contributed by atoms with Gasteiger partial charge in [0.2, 0.25) is 0 Å². The van der Waals surface area contributed by atoms with Crippen molar-refractivity contribution in [3.05, 3.63) is 60.2 Å². The molecule has 0 atom stereocenters. The van der Waals surface area contributed by atoms with Gasteiger partial charge in [-0.3, -0.25) is 4.90 Å². The summed E-state index contributed by atoms with van der Waals surface area (Å²) < 4.78 is 5.82. The van der Waals surface area contributed by atoms with Crippen molar-refractivity contribution in [3.63, 3.8) is 0 Å². The van der Waals surface area contributed by atoms with E-state index in [4.69, 9.17) is 10.5 Å². The molecule has 0 fully saturated rings. The van der Waals surface area contributed by atoms with E-state index in [1.165, 1.54) is 12.8 Å². The largest absolute Gasteiger partial charge is 0.489 e. The minimum absolute atomic E-state index is 0. The second-order valence-corrected chi connectivity index (χ2v) is 6.95. The molecule has 2 aromatic rings. The van der Waals surface area contributed by atoms with Crippen molar-refractivity contribution in [2.75, 3.05) is 31.1 Å². The van der Waals surface area contributed by atoms with Crippen molar-refractivity contribution in [3.8, 4) is 5.75 Å². The van der Waals surface area contributed by atoms with Crippen LogP contribution in [-0.2, 0) is 6.61 Å². The second-order valence-electron chi connectivity index (χ2n) is 6.95. The molecule has 0 aromatic heterocycles. The number of carbonyl (C=O) groups excluding carboxylic acids is 1. The van der Waals surface area contributed by atoms with E-state index < -0.39 is 6.03 Å². The highest BCUT2D eigenvalue weighted by Crippen LogP contribution is 2.20. The fourth-order valence-corrected chi connectivity index (χ4v) is 3.10. The van der Waals surface area contributed by atoms with Crippen LogP contribution < -0.4 is 15.4 Å². The third kappa shape index (κ3) is 8.88. The molecule has 0 saturated carbocycles. The number of benzene rings is 2. The summed E-state index contributed by atoms with van der Waals surface area (Å²) in [6.07, 6.45) is 3.45. The molecule has 0 radical (unpaired) electrons. The first kappa shape index (κ1) is 25.0. The molecule has 0 unspecified atom stereocenters. The summed E-state index contributed by atoms with van der Waals surface area (Å²) in [6, 6.07) is 17.2. The standard InChI is InChI=1S/C23H33N3O2.BrH/c1-3-5-16-25(15-4-2)17-18-26(23(24)27)21-11-13-22(14-12-21)28-19-20-9-7-6-8-10-20;/h6-14H,3-5,15-19H2,1-2H3,(H2,24,27);1H. The molecule has 0 heterocycles. The van der Waals surface area contributed by atoms with Crippen molar-refractivity contribution in [2.45, 2.75) is 39.7 Å². The number of ether oxygens (including phenoxy) is 1. The van der Waals surface area contributed by atoms with Crippen molar-refractivity contribution in [1.29, 1.82) is 0 Å². The van der Waals surface area contributed by atoms with Gasteiger partial charge in [-0.15, -0.1) is 17.0 Å². The van der Waals surface area contributed by atoms with Crippen LogP contribution in [0.3, 0.4) is 0 Å². The highest BCUT2D eigenvalue weighted by molar-refractivity contribution is 8.93. The van der Waals surface area contributed by atoms with Crippen molar-refractivity contribution >= 4 is 28.7 Å². The zero-order chi connectivity index (χ0) is 20.2. The molecule has 6 heteroatoms. The number of primary amides is 1. The van der Waals surface area contributed by atoms with Crippen molar-refractivity contribution in [2.24, 2.45) is 5.73 Å². The molecular formula is C23H34BrN3O2. The number of amides is 2. The Balaban J connectivity index is 0.00000420. The number of halogens is 1. The smallest absolute Gasteiger partial charge is 0.319 e. The molecule has 0 aliphatic rings. The van der Waals surface area contributed by atoms with Crippen LogP contribution in [0.5, 0.6) is 5.75 Å². The highest BCUT2D eigenvalue weighted by atomic mass is 79.9. The maximum Gasteiger partial charge on any atom is 0.319 e. The SMILES string of the molecule is Br.CCCCN(CCC)CCN(C(N)=O)c1ccc(OCc2ccccc2)cc1. The lowest BCUT2D eigenvalue weighted by molar-refractivity contribution is 0.248. The number of hydrogen-bond acceptors (Lipinski definition) is 3. The first-order valence-corrected chi connectivity index (χ1v) is 10.2. The van der Waals surface area contributed by atoms with E-state index in [0.29, 0.717) is 13.2 Å². The summed E-state index contributed by atoms with van der Waals surface area (Å²) in [4.78, 5) is 16.0. The van der Waals surface area contributed by atoms with Gasteiger partial charge in [0.05, 0.1) is 0 Å². The Morgan fingerprint density at radius 1 is 0.897 bits per heavy atom. The van der Waals surface area contributed by atoms with E-state index >= 15 is 0 Å². The molecule has 0 aliphatic carbocycles. The second kappa shape index (κ2) is 14.0. The quantitative estimate of drug-likeness (QED) is 0.467. The number of rotatable bonds is 12. The van der Waals surface area contributed by atoms with Crippen LogP contribution in [0.25, 0.3) is 0 Å². The molecular weight excluding hydrogens is 430 g/mol. The molecule has 0 spiro atoms. The third-order valence-electron chi connectivity index (χ3n) is 4.67. The van der Waals surface area contributed by atoms with Crippen LogP contribution in [0.15, 0.2) is 54.6 Å². The summed E-state index contributed by atoms with van der Waals surface area (Å²) in [7, 11) is 0. The van der Waals surface area contributed by atoms with E-state index in [0.717, 1.165) is 43.1 Å². The Hall–Kier alpha value is -2.05. The number of unbranched alkanes of at least 4 members (excludes halogenated alkanes) is 1. The Labute approximate surface area is 185 Å².